The van der Waals surface area contributed by atoms with E-state index in [9.17, 15) is 0 Å². The summed E-state index contributed by atoms with van der Waals surface area (Å²) in [6, 6.07) is 16.9. The van der Waals surface area contributed by atoms with E-state index in [1.807, 2.05) is 43.3 Å². The quantitative estimate of drug-likeness (QED) is 0.635. The van der Waals surface area contributed by atoms with Crippen molar-refractivity contribution in [2.45, 2.75) is 6.92 Å². The van der Waals surface area contributed by atoms with Gasteiger partial charge in [-0.1, -0.05) is 12.1 Å². The molecule has 0 amide bonds. The van der Waals surface area contributed by atoms with Crippen LogP contribution in [-0.4, -0.2) is 19.0 Å². The molecule has 4 nitrogen and oxygen atoms in total. The fourth-order valence-electron chi connectivity index (χ4n) is 1.72. The third-order valence-electron chi connectivity index (χ3n) is 2.96. The van der Waals surface area contributed by atoms with Crippen LogP contribution in [0.25, 0.3) is 0 Å². The van der Waals surface area contributed by atoms with E-state index in [1.54, 1.807) is 25.5 Å². The number of hydrogen-bond donors (Lipinski definition) is 0. The van der Waals surface area contributed by atoms with Gasteiger partial charge >= 0.3 is 0 Å². The van der Waals surface area contributed by atoms with Gasteiger partial charge in [-0.15, -0.1) is 0 Å². The van der Waals surface area contributed by atoms with Crippen molar-refractivity contribution in [3.05, 3.63) is 65.2 Å². The molecule has 0 aliphatic rings. The fourth-order valence-corrected chi connectivity index (χ4v) is 1.72. The van der Waals surface area contributed by atoms with E-state index in [2.05, 4.69) is 16.3 Å². The van der Waals surface area contributed by atoms with E-state index in [0.29, 0.717) is 5.56 Å². The van der Waals surface area contributed by atoms with Crippen LogP contribution in [0.4, 0.5) is 0 Å². The van der Waals surface area contributed by atoms with Gasteiger partial charge in [0.1, 0.15) is 5.75 Å². The van der Waals surface area contributed by atoms with Gasteiger partial charge in [-0.25, -0.2) is 0 Å². The van der Waals surface area contributed by atoms with Crippen molar-refractivity contribution in [2.75, 3.05) is 7.11 Å². The van der Waals surface area contributed by atoms with Crippen molar-refractivity contribution >= 4 is 11.9 Å². The molecule has 21 heavy (non-hydrogen) atoms. The van der Waals surface area contributed by atoms with Crippen molar-refractivity contribution in [3.8, 4) is 11.8 Å². The molecule has 0 unspecified atom stereocenters. The first-order valence-corrected chi connectivity index (χ1v) is 6.45. The standard InChI is InChI=1S/C17H15N3O/c1-13(16-7-3-14(11-18)4-8-16)20-19-12-15-5-9-17(21-2)10-6-15/h3-10,12H,1-2H3/b19-12+,20-13+. The molecule has 0 aliphatic carbocycles. The zero-order valence-electron chi connectivity index (χ0n) is 11.9. The lowest BCUT2D eigenvalue weighted by Crippen LogP contribution is -1.93. The molecule has 2 aromatic rings. The molecule has 0 heterocycles. The van der Waals surface area contributed by atoms with E-state index in [4.69, 9.17) is 10.00 Å². The number of hydrogen-bond acceptors (Lipinski definition) is 4. The second kappa shape index (κ2) is 7.01. The highest BCUT2D eigenvalue weighted by Crippen LogP contribution is 2.10. The molecular weight excluding hydrogens is 262 g/mol. The average Bonchev–Trinajstić information content (AvgIpc) is 2.55. The van der Waals surface area contributed by atoms with Crippen LogP contribution in [0.1, 0.15) is 23.6 Å². The largest absolute Gasteiger partial charge is 0.497 e. The molecule has 0 fully saturated rings. The Balaban J connectivity index is 2.07. The maximum Gasteiger partial charge on any atom is 0.118 e. The molecule has 0 aromatic heterocycles. The number of methoxy groups -OCH3 is 1. The third kappa shape index (κ3) is 4.02. The summed E-state index contributed by atoms with van der Waals surface area (Å²) in [6.45, 7) is 1.88. The SMILES string of the molecule is COc1ccc(/C=N/N=C(\C)c2ccc(C#N)cc2)cc1. The molecule has 0 saturated carbocycles. The van der Waals surface area contributed by atoms with Crippen molar-refractivity contribution in [1.29, 1.82) is 5.26 Å². The van der Waals surface area contributed by atoms with Gasteiger partial charge in [0, 0.05) is 0 Å². The zero-order chi connectivity index (χ0) is 15.1. The molecule has 2 aromatic carbocycles. The molecular formula is C17H15N3O. The van der Waals surface area contributed by atoms with Crippen LogP contribution in [0.3, 0.4) is 0 Å². The highest BCUT2D eigenvalue weighted by atomic mass is 16.5. The smallest absolute Gasteiger partial charge is 0.118 e. The number of rotatable bonds is 4. The summed E-state index contributed by atoms with van der Waals surface area (Å²) in [5.74, 6) is 0.810. The lowest BCUT2D eigenvalue weighted by atomic mass is 10.1. The van der Waals surface area contributed by atoms with E-state index in [0.717, 1.165) is 22.6 Å². The van der Waals surface area contributed by atoms with Crippen LogP contribution in [0.5, 0.6) is 5.75 Å². The van der Waals surface area contributed by atoms with E-state index < -0.39 is 0 Å². The first-order chi connectivity index (χ1) is 10.2. The van der Waals surface area contributed by atoms with Crippen LogP contribution in [0.2, 0.25) is 0 Å². The van der Waals surface area contributed by atoms with Gasteiger partial charge < -0.3 is 4.74 Å². The number of nitrogens with zero attached hydrogens (tertiary/aromatic N) is 3. The van der Waals surface area contributed by atoms with E-state index in [1.165, 1.54) is 0 Å². The van der Waals surface area contributed by atoms with Crippen molar-refractivity contribution in [1.82, 2.24) is 0 Å². The second-order valence-corrected chi connectivity index (χ2v) is 4.39. The Morgan fingerprint density at radius 1 is 1.10 bits per heavy atom. The maximum atomic E-state index is 8.76. The number of nitriles is 1. The third-order valence-corrected chi connectivity index (χ3v) is 2.96. The minimum absolute atomic E-state index is 0.633. The maximum absolute atomic E-state index is 8.76. The van der Waals surface area contributed by atoms with Crippen LogP contribution >= 0.6 is 0 Å². The monoisotopic (exact) mass is 277 g/mol. The molecule has 4 heteroatoms. The average molecular weight is 277 g/mol. The molecule has 0 atom stereocenters. The summed E-state index contributed by atoms with van der Waals surface area (Å²) in [7, 11) is 1.63. The minimum atomic E-state index is 0.633. The van der Waals surface area contributed by atoms with Gasteiger partial charge in [0.2, 0.25) is 0 Å². The molecule has 0 radical (unpaired) electrons. The molecule has 0 saturated heterocycles. The lowest BCUT2D eigenvalue weighted by Gasteiger charge is -1.99. The molecule has 0 bridgehead atoms. The Hall–Kier alpha value is -2.93. The second-order valence-electron chi connectivity index (χ2n) is 4.39. The summed E-state index contributed by atoms with van der Waals surface area (Å²) < 4.78 is 5.09. The molecule has 104 valence electrons. The van der Waals surface area contributed by atoms with Gasteiger partial charge in [-0.2, -0.15) is 15.5 Å². The van der Waals surface area contributed by atoms with Gasteiger partial charge in [-0.05, 0) is 54.4 Å². The van der Waals surface area contributed by atoms with Gasteiger partial charge in [0.25, 0.3) is 0 Å². The predicted octanol–water partition coefficient (Wildman–Crippen LogP) is 3.41. The summed E-state index contributed by atoms with van der Waals surface area (Å²) in [5.41, 5.74) is 3.32. The molecule has 0 aliphatic heterocycles. The first kappa shape index (κ1) is 14.5. The van der Waals surface area contributed by atoms with E-state index >= 15 is 0 Å². The summed E-state index contributed by atoms with van der Waals surface area (Å²) in [6.07, 6.45) is 1.69. The Bertz CT molecular complexity index is 692. The van der Waals surface area contributed by atoms with Crippen LogP contribution in [0.15, 0.2) is 58.7 Å². The van der Waals surface area contributed by atoms with Crippen LogP contribution < -0.4 is 4.74 Å². The fraction of sp³-hybridized carbons (Fsp3) is 0.118. The zero-order valence-corrected chi connectivity index (χ0v) is 11.9. The van der Waals surface area contributed by atoms with Crippen molar-refractivity contribution < 1.29 is 4.74 Å². The highest BCUT2D eigenvalue weighted by Gasteiger charge is 1.97. The van der Waals surface area contributed by atoms with Gasteiger partial charge in [-0.3, -0.25) is 0 Å². The topological polar surface area (TPSA) is 57.7 Å². The molecule has 0 spiro atoms. The van der Waals surface area contributed by atoms with E-state index in [-0.39, 0.29) is 0 Å². The molecule has 2 rings (SSSR count). The Kier molecular flexibility index (Phi) is 4.84. The van der Waals surface area contributed by atoms with Gasteiger partial charge in [0.05, 0.1) is 30.7 Å². The summed E-state index contributed by atoms with van der Waals surface area (Å²) in [4.78, 5) is 0. The van der Waals surface area contributed by atoms with Crippen LogP contribution in [-0.2, 0) is 0 Å². The van der Waals surface area contributed by atoms with Crippen molar-refractivity contribution in [2.24, 2.45) is 10.2 Å². The van der Waals surface area contributed by atoms with Crippen molar-refractivity contribution in [3.63, 3.8) is 0 Å². The Labute approximate surface area is 124 Å². The first-order valence-electron chi connectivity index (χ1n) is 6.45. The Morgan fingerprint density at radius 3 is 2.33 bits per heavy atom. The van der Waals surface area contributed by atoms with Gasteiger partial charge in [0.15, 0.2) is 0 Å². The predicted molar refractivity (Wildman–Crippen MR) is 84.0 cm³/mol. The van der Waals surface area contributed by atoms with Crippen LogP contribution in [0, 0.1) is 11.3 Å². The minimum Gasteiger partial charge on any atom is -0.497 e. The Morgan fingerprint density at radius 2 is 1.76 bits per heavy atom. The highest BCUT2D eigenvalue weighted by molar-refractivity contribution is 5.99. The number of benzene rings is 2. The molecule has 0 N–H and O–H groups in total. The lowest BCUT2D eigenvalue weighted by molar-refractivity contribution is 0.415. The normalized spacial score (nSPS) is 11.4. The number of ether oxygens (including phenoxy) is 1. The summed E-state index contributed by atoms with van der Waals surface area (Å²) >= 11 is 0. The summed E-state index contributed by atoms with van der Waals surface area (Å²) in [5, 5.41) is 17.0.